The van der Waals surface area contributed by atoms with Gasteiger partial charge < -0.3 is 5.32 Å². The van der Waals surface area contributed by atoms with Gasteiger partial charge in [0.1, 0.15) is 7.85 Å². The highest BCUT2D eigenvalue weighted by Gasteiger charge is 2.08. The summed E-state index contributed by atoms with van der Waals surface area (Å²) >= 11 is 0. The second-order valence-electron chi connectivity index (χ2n) is 4.41. The number of hydrogen-bond donors (Lipinski definition) is 1. The lowest BCUT2D eigenvalue weighted by Crippen LogP contribution is -2.21. The Kier molecular flexibility index (Phi) is 3.51. The minimum absolute atomic E-state index is 0.181. The molecule has 88 valence electrons. The topological polar surface area (TPSA) is 29.1 Å². The zero-order valence-corrected chi connectivity index (χ0v) is 10.5. The number of rotatable bonds is 2. The summed E-state index contributed by atoms with van der Waals surface area (Å²) < 4.78 is 0. The van der Waals surface area contributed by atoms with Gasteiger partial charge in [-0.2, -0.15) is 0 Å². The van der Waals surface area contributed by atoms with Crippen molar-refractivity contribution in [1.29, 1.82) is 0 Å². The number of carbonyl (C=O) groups excluding carboxylic acids is 1. The van der Waals surface area contributed by atoms with Crippen LogP contribution in [0, 0.1) is 13.8 Å². The Hall–Kier alpha value is -2.03. The van der Waals surface area contributed by atoms with Crippen LogP contribution in [0.2, 0.25) is 0 Å². The zero-order valence-electron chi connectivity index (χ0n) is 10.5. The number of nitrogens with one attached hydrogen (secondary N) is 1. The molecule has 0 atom stereocenters. The van der Waals surface area contributed by atoms with Crippen molar-refractivity contribution >= 4 is 24.9 Å². The van der Waals surface area contributed by atoms with Gasteiger partial charge in [0, 0.05) is 11.3 Å². The third-order valence-electron chi connectivity index (χ3n) is 2.76. The molecule has 0 spiro atoms. The van der Waals surface area contributed by atoms with Crippen LogP contribution in [-0.2, 0) is 0 Å². The Morgan fingerprint density at radius 2 is 1.61 bits per heavy atom. The summed E-state index contributed by atoms with van der Waals surface area (Å²) in [5, 5.41) is 2.83. The molecule has 0 heterocycles. The molecular weight excluding hydrogens is 221 g/mol. The summed E-state index contributed by atoms with van der Waals surface area (Å²) in [7, 11) is 5.81. The quantitative estimate of drug-likeness (QED) is 0.795. The van der Waals surface area contributed by atoms with Gasteiger partial charge in [0.25, 0.3) is 5.91 Å². The van der Waals surface area contributed by atoms with E-state index in [-0.39, 0.29) is 5.91 Å². The van der Waals surface area contributed by atoms with Gasteiger partial charge in [-0.05, 0) is 32.0 Å². The maximum atomic E-state index is 12.1. The van der Waals surface area contributed by atoms with Gasteiger partial charge in [-0.25, -0.2) is 0 Å². The molecular formula is C15H14BNO. The third-order valence-corrected chi connectivity index (χ3v) is 2.76. The average molecular weight is 235 g/mol. The number of amides is 1. The Labute approximate surface area is 108 Å². The molecule has 2 rings (SSSR count). The zero-order chi connectivity index (χ0) is 13.1. The van der Waals surface area contributed by atoms with Crippen molar-refractivity contribution in [3.63, 3.8) is 0 Å². The molecule has 0 bridgehead atoms. The monoisotopic (exact) mass is 235 g/mol. The summed E-state index contributed by atoms with van der Waals surface area (Å²) in [6.45, 7) is 3.94. The van der Waals surface area contributed by atoms with Crippen molar-refractivity contribution in [3.8, 4) is 0 Å². The number of anilines is 1. The van der Waals surface area contributed by atoms with Crippen LogP contribution < -0.4 is 10.8 Å². The molecule has 0 unspecified atom stereocenters. The van der Waals surface area contributed by atoms with Crippen molar-refractivity contribution in [2.24, 2.45) is 0 Å². The van der Waals surface area contributed by atoms with Gasteiger partial charge in [0.15, 0.2) is 0 Å². The van der Waals surface area contributed by atoms with E-state index in [9.17, 15) is 4.79 Å². The van der Waals surface area contributed by atoms with E-state index in [0.29, 0.717) is 11.0 Å². The molecule has 18 heavy (non-hydrogen) atoms. The molecule has 2 radical (unpaired) electrons. The van der Waals surface area contributed by atoms with Gasteiger partial charge in [-0.1, -0.05) is 40.9 Å². The van der Waals surface area contributed by atoms with Crippen LogP contribution in [0.1, 0.15) is 21.5 Å². The molecule has 2 aromatic rings. The van der Waals surface area contributed by atoms with Crippen molar-refractivity contribution in [2.75, 3.05) is 5.32 Å². The summed E-state index contributed by atoms with van der Waals surface area (Å²) in [6.07, 6.45) is 0. The summed E-state index contributed by atoms with van der Waals surface area (Å²) in [4.78, 5) is 12.1. The summed E-state index contributed by atoms with van der Waals surface area (Å²) in [5.41, 5.74) is 3.94. The summed E-state index contributed by atoms with van der Waals surface area (Å²) in [5.74, 6) is -0.181. The Morgan fingerprint density at radius 3 is 2.28 bits per heavy atom. The molecule has 0 saturated carbocycles. The lowest BCUT2D eigenvalue weighted by atomic mass is 9.89. The van der Waals surface area contributed by atoms with E-state index in [1.807, 2.05) is 44.2 Å². The van der Waals surface area contributed by atoms with Gasteiger partial charge in [0.2, 0.25) is 0 Å². The van der Waals surface area contributed by atoms with Crippen molar-refractivity contribution < 1.29 is 4.79 Å². The van der Waals surface area contributed by atoms with E-state index >= 15 is 0 Å². The normalized spacial score (nSPS) is 10.1. The maximum Gasteiger partial charge on any atom is 0.255 e. The second-order valence-corrected chi connectivity index (χ2v) is 4.41. The number of hydrogen-bond acceptors (Lipinski definition) is 1. The van der Waals surface area contributed by atoms with Crippen LogP contribution in [0.3, 0.4) is 0 Å². The van der Waals surface area contributed by atoms with E-state index in [2.05, 4.69) is 5.32 Å². The fourth-order valence-electron chi connectivity index (χ4n) is 1.70. The van der Waals surface area contributed by atoms with Crippen LogP contribution in [-0.4, -0.2) is 13.8 Å². The van der Waals surface area contributed by atoms with Crippen LogP contribution in [0.5, 0.6) is 0 Å². The minimum Gasteiger partial charge on any atom is -0.322 e. The maximum absolute atomic E-state index is 12.1. The van der Waals surface area contributed by atoms with Gasteiger partial charge in [-0.15, -0.1) is 0 Å². The molecule has 0 aromatic heterocycles. The lowest BCUT2D eigenvalue weighted by molar-refractivity contribution is 0.102. The highest BCUT2D eigenvalue weighted by atomic mass is 16.1. The Morgan fingerprint density at radius 1 is 1.00 bits per heavy atom. The first-order chi connectivity index (χ1) is 8.56. The predicted octanol–water partition coefficient (Wildman–Crippen LogP) is 2.35. The molecule has 1 amide bonds. The predicted molar refractivity (Wildman–Crippen MR) is 75.7 cm³/mol. The fourth-order valence-corrected chi connectivity index (χ4v) is 1.70. The average Bonchev–Trinajstić information content (AvgIpc) is 2.35. The SMILES string of the molecule is [B]c1ccc(C)cc1C(=O)Nc1ccc(C)cc1. The molecule has 3 heteroatoms. The first-order valence-corrected chi connectivity index (χ1v) is 5.80. The van der Waals surface area contributed by atoms with Crippen LogP contribution >= 0.6 is 0 Å². The van der Waals surface area contributed by atoms with Crippen LogP contribution in [0.25, 0.3) is 0 Å². The van der Waals surface area contributed by atoms with Gasteiger partial charge >= 0.3 is 0 Å². The molecule has 0 aliphatic rings. The van der Waals surface area contributed by atoms with Crippen molar-refractivity contribution in [1.82, 2.24) is 0 Å². The number of benzene rings is 2. The molecule has 2 aromatic carbocycles. The first-order valence-electron chi connectivity index (χ1n) is 5.80. The highest BCUT2D eigenvalue weighted by Crippen LogP contribution is 2.10. The number of aryl methyl sites for hydroxylation is 2. The van der Waals surface area contributed by atoms with E-state index < -0.39 is 0 Å². The Balaban J connectivity index is 2.21. The largest absolute Gasteiger partial charge is 0.322 e. The smallest absolute Gasteiger partial charge is 0.255 e. The van der Waals surface area contributed by atoms with Gasteiger partial charge in [0.05, 0.1) is 0 Å². The van der Waals surface area contributed by atoms with E-state index in [1.54, 1.807) is 12.1 Å². The van der Waals surface area contributed by atoms with Crippen LogP contribution in [0.4, 0.5) is 5.69 Å². The van der Waals surface area contributed by atoms with E-state index in [4.69, 9.17) is 7.85 Å². The highest BCUT2D eigenvalue weighted by molar-refractivity contribution is 6.37. The molecule has 0 saturated heterocycles. The molecule has 0 fully saturated rings. The van der Waals surface area contributed by atoms with Crippen LogP contribution in [0.15, 0.2) is 42.5 Å². The standard InChI is InChI=1S/C15H14BNO/c1-10-3-6-12(7-4-10)17-15(18)13-9-11(2)5-8-14(13)16/h3-9H,1-2H3,(H,17,18). The first kappa shape index (κ1) is 12.4. The third kappa shape index (κ3) is 2.80. The molecule has 0 aliphatic carbocycles. The minimum atomic E-state index is -0.181. The molecule has 2 nitrogen and oxygen atoms in total. The second kappa shape index (κ2) is 5.09. The van der Waals surface area contributed by atoms with Crippen molar-refractivity contribution in [2.45, 2.75) is 13.8 Å². The summed E-state index contributed by atoms with van der Waals surface area (Å²) in [6, 6.07) is 13.1. The fraction of sp³-hybridized carbons (Fsp3) is 0.133. The van der Waals surface area contributed by atoms with E-state index in [0.717, 1.165) is 16.8 Å². The van der Waals surface area contributed by atoms with E-state index in [1.165, 1.54) is 0 Å². The number of carbonyl (C=O) groups is 1. The van der Waals surface area contributed by atoms with Crippen molar-refractivity contribution in [3.05, 3.63) is 59.2 Å². The molecule has 0 aliphatic heterocycles. The van der Waals surface area contributed by atoms with Gasteiger partial charge in [-0.3, -0.25) is 4.79 Å². The molecule has 1 N–H and O–H groups in total. The Bertz CT molecular complexity index is 576. The lowest BCUT2D eigenvalue weighted by Gasteiger charge is -2.09.